The van der Waals surface area contributed by atoms with E-state index < -0.39 is 11.4 Å². The van der Waals surface area contributed by atoms with Gasteiger partial charge in [-0.25, -0.2) is 0 Å². The summed E-state index contributed by atoms with van der Waals surface area (Å²) in [4.78, 5) is 23.3. The summed E-state index contributed by atoms with van der Waals surface area (Å²) < 4.78 is 5.10. The molecule has 1 rings (SSSR count). The van der Waals surface area contributed by atoms with Crippen molar-refractivity contribution in [2.75, 3.05) is 13.7 Å². The fraction of sp³-hybridized carbons (Fsp3) is 0.556. The van der Waals surface area contributed by atoms with Crippen LogP contribution in [0.2, 0.25) is 0 Å². The van der Waals surface area contributed by atoms with E-state index in [9.17, 15) is 14.7 Å². The largest absolute Gasteiger partial charge is 0.497 e. The van der Waals surface area contributed by atoms with Crippen LogP contribution in [0.3, 0.4) is 0 Å². The maximum absolute atomic E-state index is 11.9. The van der Waals surface area contributed by atoms with E-state index in [1.165, 1.54) is 0 Å². The van der Waals surface area contributed by atoms with Crippen LogP contribution in [0.25, 0.3) is 0 Å². The van der Waals surface area contributed by atoms with Gasteiger partial charge in [0.15, 0.2) is 0 Å². The quantitative estimate of drug-likeness (QED) is 0.694. The topological polar surface area (TPSA) is 75.6 Å². The van der Waals surface area contributed by atoms with E-state index in [0.29, 0.717) is 19.3 Å². The van der Waals surface area contributed by atoms with Crippen molar-refractivity contribution in [2.24, 2.45) is 5.41 Å². The van der Waals surface area contributed by atoms with Crippen LogP contribution in [0.5, 0.6) is 5.75 Å². The Kier molecular flexibility index (Phi) is 7.59. The number of rotatable bonds is 10. The molecule has 0 aliphatic carbocycles. The molecular formula is C18H27NO4. The second-order valence-corrected chi connectivity index (χ2v) is 5.77. The molecule has 0 fully saturated rings. The second kappa shape index (κ2) is 9.18. The number of hydrogen-bond acceptors (Lipinski definition) is 3. The predicted octanol–water partition coefficient (Wildman–Crippen LogP) is 3.03. The van der Waals surface area contributed by atoms with Crippen LogP contribution in [0.1, 0.15) is 45.1 Å². The minimum atomic E-state index is -0.856. The molecule has 0 radical (unpaired) electrons. The number of amides is 1. The molecule has 0 aliphatic rings. The molecule has 0 spiro atoms. The molecule has 1 aromatic carbocycles. The van der Waals surface area contributed by atoms with Gasteiger partial charge in [0.05, 0.1) is 12.5 Å². The Morgan fingerprint density at radius 1 is 1.17 bits per heavy atom. The molecule has 5 nitrogen and oxygen atoms in total. The number of benzene rings is 1. The van der Waals surface area contributed by atoms with E-state index in [1.807, 2.05) is 38.1 Å². The second-order valence-electron chi connectivity index (χ2n) is 5.77. The lowest BCUT2D eigenvalue weighted by atomic mass is 9.82. The third kappa shape index (κ3) is 5.58. The zero-order valence-electron chi connectivity index (χ0n) is 14.2. The number of methoxy groups -OCH3 is 1. The molecule has 23 heavy (non-hydrogen) atoms. The Bertz CT molecular complexity index is 506. The number of carbonyl (C=O) groups excluding carboxylic acids is 1. The SMILES string of the molecule is CCC(CC)(CNC(=O)CCCc1ccc(OC)cc1)C(=O)O. The van der Waals surface area contributed by atoms with Gasteiger partial charge >= 0.3 is 5.97 Å². The van der Waals surface area contributed by atoms with Gasteiger partial charge in [-0.2, -0.15) is 0 Å². The van der Waals surface area contributed by atoms with Crippen molar-refractivity contribution < 1.29 is 19.4 Å². The molecule has 2 N–H and O–H groups in total. The van der Waals surface area contributed by atoms with Crippen molar-refractivity contribution >= 4 is 11.9 Å². The first-order valence-corrected chi connectivity index (χ1v) is 8.10. The summed E-state index contributed by atoms with van der Waals surface area (Å²) in [5.41, 5.74) is 0.298. The van der Waals surface area contributed by atoms with Gasteiger partial charge < -0.3 is 15.2 Å². The van der Waals surface area contributed by atoms with E-state index in [1.54, 1.807) is 7.11 Å². The van der Waals surface area contributed by atoms with Crippen molar-refractivity contribution in [2.45, 2.75) is 46.0 Å². The van der Waals surface area contributed by atoms with Crippen molar-refractivity contribution in [1.29, 1.82) is 0 Å². The molecule has 0 bridgehead atoms. The normalized spacial score (nSPS) is 11.1. The number of carbonyl (C=O) groups is 2. The third-order valence-electron chi connectivity index (χ3n) is 4.46. The molecule has 0 saturated heterocycles. The number of ether oxygens (including phenoxy) is 1. The van der Waals surface area contributed by atoms with E-state index in [2.05, 4.69) is 5.32 Å². The molecule has 0 aliphatic heterocycles. The average Bonchev–Trinajstić information content (AvgIpc) is 2.56. The molecule has 5 heteroatoms. The molecule has 1 amide bonds. The highest BCUT2D eigenvalue weighted by atomic mass is 16.5. The number of hydrogen-bond donors (Lipinski definition) is 2. The Hall–Kier alpha value is -2.04. The third-order valence-corrected chi connectivity index (χ3v) is 4.46. The highest BCUT2D eigenvalue weighted by molar-refractivity contribution is 5.79. The number of aryl methyl sites for hydroxylation is 1. The maximum Gasteiger partial charge on any atom is 0.311 e. The molecular weight excluding hydrogens is 294 g/mol. The van der Waals surface area contributed by atoms with Gasteiger partial charge in [-0.15, -0.1) is 0 Å². The Morgan fingerprint density at radius 2 is 1.78 bits per heavy atom. The maximum atomic E-state index is 11.9. The minimum absolute atomic E-state index is 0.0916. The minimum Gasteiger partial charge on any atom is -0.497 e. The fourth-order valence-electron chi connectivity index (χ4n) is 2.48. The summed E-state index contributed by atoms with van der Waals surface area (Å²) in [7, 11) is 1.63. The smallest absolute Gasteiger partial charge is 0.311 e. The highest BCUT2D eigenvalue weighted by Gasteiger charge is 2.34. The number of carboxylic acids is 1. The van der Waals surface area contributed by atoms with E-state index in [-0.39, 0.29) is 12.5 Å². The van der Waals surface area contributed by atoms with Crippen LogP contribution in [0.15, 0.2) is 24.3 Å². The number of carboxylic acid groups (broad SMARTS) is 1. The highest BCUT2D eigenvalue weighted by Crippen LogP contribution is 2.25. The average molecular weight is 321 g/mol. The van der Waals surface area contributed by atoms with Gasteiger partial charge in [0.1, 0.15) is 5.75 Å². The Balaban J connectivity index is 2.37. The van der Waals surface area contributed by atoms with Gasteiger partial charge in [0.2, 0.25) is 5.91 Å². The van der Waals surface area contributed by atoms with Gasteiger partial charge in [-0.05, 0) is 43.4 Å². The lowest BCUT2D eigenvalue weighted by Crippen LogP contribution is -2.42. The Morgan fingerprint density at radius 3 is 2.26 bits per heavy atom. The first kappa shape index (κ1) is 19.0. The molecule has 0 heterocycles. The molecule has 0 atom stereocenters. The molecule has 0 saturated carbocycles. The molecule has 128 valence electrons. The van der Waals surface area contributed by atoms with Crippen molar-refractivity contribution in [3.8, 4) is 5.75 Å². The van der Waals surface area contributed by atoms with Gasteiger partial charge in [-0.1, -0.05) is 26.0 Å². The standard InChI is InChI=1S/C18H27NO4/c1-4-18(5-2,17(21)22)13-19-16(20)8-6-7-14-9-11-15(23-3)12-10-14/h9-12H,4-8,13H2,1-3H3,(H,19,20)(H,21,22). The summed E-state index contributed by atoms with van der Waals surface area (Å²) >= 11 is 0. The summed E-state index contributed by atoms with van der Waals surface area (Å²) in [5.74, 6) is -0.122. The summed E-state index contributed by atoms with van der Waals surface area (Å²) in [5, 5.41) is 12.1. The van der Waals surface area contributed by atoms with E-state index in [4.69, 9.17) is 4.74 Å². The van der Waals surface area contributed by atoms with Gasteiger partial charge in [0, 0.05) is 13.0 Å². The zero-order valence-corrected chi connectivity index (χ0v) is 14.2. The summed E-state index contributed by atoms with van der Waals surface area (Å²) in [6.45, 7) is 3.87. The lowest BCUT2D eigenvalue weighted by Gasteiger charge is -2.26. The van der Waals surface area contributed by atoms with Crippen molar-refractivity contribution in [3.63, 3.8) is 0 Å². The first-order valence-electron chi connectivity index (χ1n) is 8.10. The van der Waals surface area contributed by atoms with Crippen LogP contribution in [0.4, 0.5) is 0 Å². The summed E-state index contributed by atoms with van der Waals surface area (Å²) in [6, 6.07) is 7.78. The van der Waals surface area contributed by atoms with Crippen LogP contribution in [-0.2, 0) is 16.0 Å². The summed E-state index contributed by atoms with van der Waals surface area (Å²) in [6.07, 6.45) is 2.95. The monoisotopic (exact) mass is 321 g/mol. The predicted molar refractivity (Wildman–Crippen MR) is 89.6 cm³/mol. The van der Waals surface area contributed by atoms with Gasteiger partial charge in [0.25, 0.3) is 0 Å². The van der Waals surface area contributed by atoms with Crippen LogP contribution in [-0.4, -0.2) is 30.6 Å². The fourth-order valence-corrected chi connectivity index (χ4v) is 2.48. The van der Waals surface area contributed by atoms with Crippen LogP contribution < -0.4 is 10.1 Å². The first-order chi connectivity index (χ1) is 11.0. The number of nitrogens with one attached hydrogen (secondary N) is 1. The lowest BCUT2D eigenvalue weighted by molar-refractivity contribution is -0.149. The van der Waals surface area contributed by atoms with Gasteiger partial charge in [-0.3, -0.25) is 9.59 Å². The Labute approximate surface area is 138 Å². The zero-order chi connectivity index (χ0) is 17.3. The number of aliphatic carboxylic acids is 1. The molecule has 0 aromatic heterocycles. The molecule has 1 aromatic rings. The van der Waals surface area contributed by atoms with E-state index in [0.717, 1.165) is 24.2 Å². The van der Waals surface area contributed by atoms with Crippen LogP contribution in [0, 0.1) is 5.41 Å². The van der Waals surface area contributed by atoms with E-state index >= 15 is 0 Å². The van der Waals surface area contributed by atoms with Crippen molar-refractivity contribution in [3.05, 3.63) is 29.8 Å². The van der Waals surface area contributed by atoms with Crippen LogP contribution >= 0.6 is 0 Å². The van der Waals surface area contributed by atoms with Crippen molar-refractivity contribution in [1.82, 2.24) is 5.32 Å². The molecule has 0 unspecified atom stereocenters.